The van der Waals surface area contributed by atoms with E-state index in [2.05, 4.69) is 11.8 Å². The van der Waals surface area contributed by atoms with Crippen LogP contribution in [-0.4, -0.2) is 11.2 Å². The van der Waals surface area contributed by atoms with Crippen molar-refractivity contribution in [3.63, 3.8) is 0 Å². The average Bonchev–Trinajstić information content (AvgIpc) is 2.24. The van der Waals surface area contributed by atoms with Crippen LogP contribution in [0.5, 0.6) is 0 Å². The number of rotatable bonds is 1. The Morgan fingerprint density at radius 2 is 1.84 bits per heavy atom. The van der Waals surface area contributed by atoms with E-state index in [9.17, 15) is 13.2 Å². The van der Waals surface area contributed by atoms with Gasteiger partial charge in [-0.3, -0.25) is 0 Å². The van der Waals surface area contributed by atoms with Gasteiger partial charge >= 0.3 is 6.18 Å². The molecule has 0 heterocycles. The lowest BCUT2D eigenvalue weighted by molar-refractivity contribution is -0.137. The summed E-state index contributed by atoms with van der Waals surface area (Å²) in [4.78, 5) is 0. The smallest absolute Gasteiger partial charge is 0.381 e. The Labute approximate surface area is 116 Å². The van der Waals surface area contributed by atoms with Gasteiger partial charge in [-0.15, -0.1) is 12.4 Å². The van der Waals surface area contributed by atoms with Crippen LogP contribution in [0.2, 0.25) is 0 Å². The SMILES string of the molecule is CC(O)C#Cc1c([C@@H](C)N)cccc1C(F)(F)F.Cl. The van der Waals surface area contributed by atoms with Crippen LogP contribution in [0.4, 0.5) is 13.2 Å². The lowest BCUT2D eigenvalue weighted by atomic mass is 9.96. The van der Waals surface area contributed by atoms with Crippen molar-refractivity contribution >= 4 is 12.4 Å². The maximum Gasteiger partial charge on any atom is 0.417 e. The zero-order chi connectivity index (χ0) is 13.9. The van der Waals surface area contributed by atoms with Gasteiger partial charge in [0.2, 0.25) is 0 Å². The van der Waals surface area contributed by atoms with Gasteiger partial charge in [0.1, 0.15) is 6.10 Å². The van der Waals surface area contributed by atoms with Crippen molar-refractivity contribution in [2.24, 2.45) is 5.73 Å². The van der Waals surface area contributed by atoms with Crippen LogP contribution >= 0.6 is 12.4 Å². The molecule has 106 valence electrons. The quantitative estimate of drug-likeness (QED) is 0.782. The molecule has 0 saturated heterocycles. The molecular weight excluding hydrogens is 279 g/mol. The number of aliphatic hydroxyl groups is 1. The summed E-state index contributed by atoms with van der Waals surface area (Å²) in [5.41, 5.74) is 4.96. The number of hydrogen-bond donors (Lipinski definition) is 2. The average molecular weight is 294 g/mol. The number of hydrogen-bond acceptors (Lipinski definition) is 2. The van der Waals surface area contributed by atoms with E-state index in [0.29, 0.717) is 5.56 Å². The second-order valence-corrected chi connectivity index (χ2v) is 4.00. The third-order valence-electron chi connectivity index (χ3n) is 2.30. The fourth-order valence-electron chi connectivity index (χ4n) is 1.50. The molecule has 0 aliphatic heterocycles. The second kappa shape index (κ2) is 6.80. The molecule has 1 unspecified atom stereocenters. The van der Waals surface area contributed by atoms with Gasteiger partial charge in [-0.1, -0.05) is 24.0 Å². The van der Waals surface area contributed by atoms with Gasteiger partial charge in [0.25, 0.3) is 0 Å². The summed E-state index contributed by atoms with van der Waals surface area (Å²) < 4.78 is 38.5. The van der Waals surface area contributed by atoms with E-state index in [0.717, 1.165) is 6.07 Å². The Morgan fingerprint density at radius 3 is 2.26 bits per heavy atom. The zero-order valence-electron chi connectivity index (χ0n) is 10.5. The standard InChI is InChI=1S/C13H14F3NO.ClH/c1-8(18)6-7-11-10(9(2)17)4-3-5-12(11)13(14,15)16;/h3-5,8-9,18H,17H2,1-2H3;1H/t8?,9-;/m1./s1. The molecule has 2 atom stereocenters. The number of benzene rings is 1. The summed E-state index contributed by atoms with van der Waals surface area (Å²) in [5, 5.41) is 9.05. The highest BCUT2D eigenvalue weighted by atomic mass is 35.5. The fourth-order valence-corrected chi connectivity index (χ4v) is 1.50. The minimum absolute atomic E-state index is 0. The van der Waals surface area contributed by atoms with Gasteiger partial charge in [-0.2, -0.15) is 13.2 Å². The van der Waals surface area contributed by atoms with Crippen LogP contribution in [0, 0.1) is 11.8 Å². The molecule has 1 rings (SSSR count). The van der Waals surface area contributed by atoms with Crippen LogP contribution in [0.1, 0.15) is 36.6 Å². The van der Waals surface area contributed by atoms with Crippen LogP contribution in [0.25, 0.3) is 0 Å². The van der Waals surface area contributed by atoms with Crippen LogP contribution in [-0.2, 0) is 6.18 Å². The molecule has 0 radical (unpaired) electrons. The minimum atomic E-state index is -4.49. The Kier molecular flexibility index (Phi) is 6.37. The van der Waals surface area contributed by atoms with E-state index in [1.807, 2.05) is 0 Å². The Balaban J connectivity index is 0.00000324. The van der Waals surface area contributed by atoms with Gasteiger partial charge in [-0.25, -0.2) is 0 Å². The Bertz CT molecular complexity index is 487. The molecule has 3 N–H and O–H groups in total. The number of aliphatic hydroxyl groups excluding tert-OH is 1. The number of halogens is 4. The predicted octanol–water partition coefficient (Wildman–Crippen LogP) is 2.88. The first kappa shape index (κ1) is 17.8. The molecule has 0 aliphatic carbocycles. The summed E-state index contributed by atoms with van der Waals surface area (Å²) in [7, 11) is 0. The molecule has 0 aliphatic rings. The first-order valence-corrected chi connectivity index (χ1v) is 5.38. The molecule has 2 nitrogen and oxygen atoms in total. The Morgan fingerprint density at radius 1 is 1.26 bits per heavy atom. The van der Waals surface area contributed by atoms with Crippen molar-refractivity contribution in [2.45, 2.75) is 32.2 Å². The molecule has 0 fully saturated rings. The minimum Gasteiger partial charge on any atom is -0.381 e. The van der Waals surface area contributed by atoms with Crippen molar-refractivity contribution in [2.75, 3.05) is 0 Å². The zero-order valence-corrected chi connectivity index (χ0v) is 11.3. The van der Waals surface area contributed by atoms with E-state index in [4.69, 9.17) is 10.8 Å². The van der Waals surface area contributed by atoms with E-state index >= 15 is 0 Å². The summed E-state index contributed by atoms with van der Waals surface area (Å²) in [5.74, 6) is 4.69. The third-order valence-corrected chi connectivity index (χ3v) is 2.30. The van der Waals surface area contributed by atoms with Crippen LogP contribution < -0.4 is 5.73 Å². The van der Waals surface area contributed by atoms with Gasteiger partial charge in [0.05, 0.1) is 5.56 Å². The van der Waals surface area contributed by atoms with Gasteiger partial charge in [-0.05, 0) is 25.5 Å². The van der Waals surface area contributed by atoms with Crippen LogP contribution in [0.15, 0.2) is 18.2 Å². The molecule has 0 saturated carbocycles. The highest BCUT2D eigenvalue weighted by Gasteiger charge is 2.34. The molecule has 6 heteroatoms. The number of alkyl halides is 3. The predicted molar refractivity (Wildman–Crippen MR) is 69.9 cm³/mol. The number of nitrogens with two attached hydrogens (primary N) is 1. The van der Waals surface area contributed by atoms with Gasteiger partial charge < -0.3 is 10.8 Å². The fraction of sp³-hybridized carbons (Fsp3) is 0.385. The van der Waals surface area contributed by atoms with Gasteiger partial charge in [0.15, 0.2) is 0 Å². The van der Waals surface area contributed by atoms with E-state index in [-0.39, 0.29) is 18.0 Å². The van der Waals surface area contributed by atoms with Crippen LogP contribution in [0.3, 0.4) is 0 Å². The lowest BCUT2D eigenvalue weighted by Crippen LogP contribution is -2.14. The second-order valence-electron chi connectivity index (χ2n) is 4.00. The van der Waals surface area contributed by atoms with E-state index in [1.54, 1.807) is 6.92 Å². The molecule has 0 aromatic heterocycles. The maximum absolute atomic E-state index is 12.8. The van der Waals surface area contributed by atoms with Crippen molar-refractivity contribution in [1.29, 1.82) is 0 Å². The first-order chi connectivity index (χ1) is 8.23. The van der Waals surface area contributed by atoms with Crippen molar-refractivity contribution < 1.29 is 18.3 Å². The van der Waals surface area contributed by atoms with Crippen molar-refractivity contribution in [3.8, 4) is 11.8 Å². The normalized spacial score (nSPS) is 13.8. The summed E-state index contributed by atoms with van der Waals surface area (Å²) >= 11 is 0. The topological polar surface area (TPSA) is 46.2 Å². The van der Waals surface area contributed by atoms with E-state index in [1.165, 1.54) is 19.1 Å². The molecule has 1 aromatic rings. The lowest BCUT2D eigenvalue weighted by Gasteiger charge is -2.15. The summed E-state index contributed by atoms with van der Waals surface area (Å²) in [6.07, 6.45) is -5.49. The van der Waals surface area contributed by atoms with Crippen molar-refractivity contribution in [3.05, 3.63) is 34.9 Å². The molecule has 0 amide bonds. The molecule has 19 heavy (non-hydrogen) atoms. The Hall–Kier alpha value is -1.22. The maximum atomic E-state index is 12.8. The highest BCUT2D eigenvalue weighted by molar-refractivity contribution is 5.85. The van der Waals surface area contributed by atoms with E-state index < -0.39 is 23.9 Å². The molecule has 0 bridgehead atoms. The van der Waals surface area contributed by atoms with Gasteiger partial charge in [0, 0.05) is 11.6 Å². The highest BCUT2D eigenvalue weighted by Crippen LogP contribution is 2.34. The first-order valence-electron chi connectivity index (χ1n) is 5.38. The largest absolute Gasteiger partial charge is 0.417 e. The summed E-state index contributed by atoms with van der Waals surface area (Å²) in [6, 6.07) is 3.20. The monoisotopic (exact) mass is 293 g/mol. The molecule has 0 spiro atoms. The molecule has 1 aromatic carbocycles. The molecular formula is C13H15ClF3NO. The summed E-state index contributed by atoms with van der Waals surface area (Å²) in [6.45, 7) is 2.97. The third kappa shape index (κ3) is 4.75. The van der Waals surface area contributed by atoms with Crippen molar-refractivity contribution in [1.82, 2.24) is 0 Å².